The van der Waals surface area contributed by atoms with Crippen molar-refractivity contribution in [2.75, 3.05) is 43.9 Å². The lowest BCUT2D eigenvalue weighted by molar-refractivity contribution is 0.102. The fourth-order valence-electron chi connectivity index (χ4n) is 3.71. The fraction of sp³-hybridized carbons (Fsp3) is 0.273. The molecule has 9 nitrogen and oxygen atoms in total. The zero-order valence-electron chi connectivity index (χ0n) is 17.7. The number of hydrogen-bond acceptors (Lipinski definition) is 8. The maximum atomic E-state index is 12.9. The molecule has 0 spiro atoms. The van der Waals surface area contributed by atoms with E-state index in [9.17, 15) is 4.79 Å². The van der Waals surface area contributed by atoms with Crippen LogP contribution in [0.3, 0.4) is 0 Å². The molecule has 10 heteroatoms. The summed E-state index contributed by atoms with van der Waals surface area (Å²) in [4.78, 5) is 26.2. The van der Waals surface area contributed by atoms with E-state index in [2.05, 4.69) is 59.8 Å². The summed E-state index contributed by atoms with van der Waals surface area (Å²) in [6.07, 6.45) is 3.15. The van der Waals surface area contributed by atoms with E-state index >= 15 is 0 Å². The first kappa shape index (κ1) is 20.6. The summed E-state index contributed by atoms with van der Waals surface area (Å²) < 4.78 is 0.927. The molecular formula is C22H24N8OS. The molecule has 0 aliphatic carbocycles. The molecule has 5 rings (SSSR count). The Kier molecular flexibility index (Phi) is 5.80. The molecule has 1 aliphatic rings. The molecule has 1 saturated heterocycles. The van der Waals surface area contributed by atoms with Crippen LogP contribution in [0.2, 0.25) is 0 Å². The van der Waals surface area contributed by atoms with E-state index in [1.807, 2.05) is 23.6 Å². The number of hydrogen-bond donors (Lipinski definition) is 3. The van der Waals surface area contributed by atoms with Gasteiger partial charge in [0.05, 0.1) is 15.9 Å². The van der Waals surface area contributed by atoms with E-state index in [-0.39, 0.29) is 11.6 Å². The molecule has 0 unspecified atom stereocenters. The number of aromatic amines is 1. The molecule has 4 aromatic rings. The number of thiophene rings is 1. The lowest BCUT2D eigenvalue weighted by atomic mass is 10.1. The third-order valence-electron chi connectivity index (χ3n) is 5.57. The van der Waals surface area contributed by atoms with Crippen LogP contribution in [0, 0.1) is 0 Å². The van der Waals surface area contributed by atoms with Crippen molar-refractivity contribution in [2.24, 2.45) is 0 Å². The van der Waals surface area contributed by atoms with Gasteiger partial charge in [0.25, 0.3) is 5.91 Å². The summed E-state index contributed by atoms with van der Waals surface area (Å²) in [5, 5.41) is 15.0. The molecule has 0 saturated carbocycles. The van der Waals surface area contributed by atoms with Gasteiger partial charge in [-0.25, -0.2) is 9.97 Å². The quantitative estimate of drug-likeness (QED) is 0.416. The number of carbonyl (C=O) groups is 1. The van der Waals surface area contributed by atoms with Crippen LogP contribution < -0.4 is 10.6 Å². The minimum absolute atomic E-state index is 0.273. The molecule has 3 aromatic heterocycles. The second-order valence-corrected chi connectivity index (χ2v) is 8.78. The van der Waals surface area contributed by atoms with E-state index < -0.39 is 0 Å². The predicted octanol–water partition coefficient (Wildman–Crippen LogP) is 3.16. The van der Waals surface area contributed by atoms with Gasteiger partial charge < -0.3 is 15.5 Å². The van der Waals surface area contributed by atoms with Crippen molar-refractivity contribution in [1.29, 1.82) is 0 Å². The molecule has 32 heavy (non-hydrogen) atoms. The standard InChI is InChI=1S/C22H24N8OS/c1-29-7-9-30(10-8-29)13-15-2-4-16(5-3-15)26-22(31)19-18(12-25-28-19)27-21-20-17(6-11-32-20)23-14-24-21/h2-6,11-12,14H,7-10,13H2,1H3,(H,25,28)(H,26,31)(H,23,24,27). The number of amides is 1. The first-order valence-electron chi connectivity index (χ1n) is 10.5. The van der Waals surface area contributed by atoms with E-state index in [1.54, 1.807) is 17.5 Å². The number of carbonyl (C=O) groups excluding carboxylic acids is 1. The van der Waals surface area contributed by atoms with E-state index in [0.717, 1.165) is 48.6 Å². The molecule has 1 aromatic carbocycles. The fourth-order valence-corrected chi connectivity index (χ4v) is 4.50. The predicted molar refractivity (Wildman–Crippen MR) is 126 cm³/mol. The number of piperazine rings is 1. The minimum atomic E-state index is -0.294. The lowest BCUT2D eigenvalue weighted by Crippen LogP contribution is -2.43. The van der Waals surface area contributed by atoms with Gasteiger partial charge in [-0.05, 0) is 36.2 Å². The smallest absolute Gasteiger partial charge is 0.278 e. The van der Waals surface area contributed by atoms with Crippen molar-refractivity contribution >= 4 is 44.7 Å². The van der Waals surface area contributed by atoms with Crippen LogP contribution in [0.1, 0.15) is 16.1 Å². The van der Waals surface area contributed by atoms with Crippen LogP contribution in [0.5, 0.6) is 0 Å². The van der Waals surface area contributed by atoms with Gasteiger partial charge in [0, 0.05) is 44.6 Å². The minimum Gasteiger partial charge on any atom is -0.336 e. The zero-order valence-corrected chi connectivity index (χ0v) is 18.5. The summed E-state index contributed by atoms with van der Waals surface area (Å²) in [5.41, 5.74) is 3.66. The highest BCUT2D eigenvalue weighted by Crippen LogP contribution is 2.28. The molecule has 1 fully saturated rings. The van der Waals surface area contributed by atoms with Gasteiger partial charge in [0.2, 0.25) is 0 Å². The summed E-state index contributed by atoms with van der Waals surface area (Å²) >= 11 is 1.54. The lowest BCUT2D eigenvalue weighted by Gasteiger charge is -2.32. The van der Waals surface area contributed by atoms with Gasteiger partial charge in [-0.1, -0.05) is 12.1 Å². The normalized spacial score (nSPS) is 15.2. The van der Waals surface area contributed by atoms with Crippen LogP contribution in [0.15, 0.2) is 48.2 Å². The number of anilines is 3. The first-order chi connectivity index (χ1) is 15.7. The van der Waals surface area contributed by atoms with Gasteiger partial charge in [-0.3, -0.25) is 14.8 Å². The molecule has 4 heterocycles. The Morgan fingerprint density at radius 3 is 2.75 bits per heavy atom. The van der Waals surface area contributed by atoms with Crippen LogP contribution in [0.25, 0.3) is 10.2 Å². The largest absolute Gasteiger partial charge is 0.336 e. The van der Waals surface area contributed by atoms with Crippen molar-refractivity contribution in [3.63, 3.8) is 0 Å². The van der Waals surface area contributed by atoms with Crippen molar-refractivity contribution in [3.8, 4) is 0 Å². The molecule has 0 radical (unpaired) electrons. The third-order valence-corrected chi connectivity index (χ3v) is 6.48. The number of nitrogens with one attached hydrogen (secondary N) is 3. The van der Waals surface area contributed by atoms with Crippen molar-refractivity contribution in [3.05, 3.63) is 59.5 Å². The van der Waals surface area contributed by atoms with Gasteiger partial charge in [-0.2, -0.15) is 5.10 Å². The van der Waals surface area contributed by atoms with Gasteiger partial charge in [0.15, 0.2) is 11.5 Å². The Bertz CT molecular complexity index is 1210. The number of fused-ring (bicyclic) bond motifs is 1. The molecule has 0 atom stereocenters. The Morgan fingerprint density at radius 2 is 1.94 bits per heavy atom. The maximum absolute atomic E-state index is 12.9. The Balaban J connectivity index is 1.24. The summed E-state index contributed by atoms with van der Waals surface area (Å²) in [5.74, 6) is 0.353. The molecular weight excluding hydrogens is 424 g/mol. The Labute approximate surface area is 189 Å². The number of H-pyrrole nitrogens is 1. The Morgan fingerprint density at radius 1 is 1.12 bits per heavy atom. The SMILES string of the molecule is CN1CCN(Cc2ccc(NC(=O)c3n[nH]cc3Nc3ncnc4ccsc34)cc2)CC1. The summed E-state index contributed by atoms with van der Waals surface area (Å²) in [7, 11) is 2.16. The van der Waals surface area contributed by atoms with E-state index in [1.165, 1.54) is 11.9 Å². The maximum Gasteiger partial charge on any atom is 0.278 e. The molecule has 1 amide bonds. The number of likely N-dealkylation sites (N-methyl/N-ethyl adjacent to an activating group) is 1. The highest BCUT2D eigenvalue weighted by Gasteiger charge is 2.17. The summed E-state index contributed by atoms with van der Waals surface area (Å²) in [6.45, 7) is 5.27. The average Bonchev–Trinajstić information content (AvgIpc) is 3.47. The highest BCUT2D eigenvalue weighted by molar-refractivity contribution is 7.17. The number of benzene rings is 1. The number of nitrogens with zero attached hydrogens (tertiary/aromatic N) is 5. The second kappa shape index (κ2) is 9.03. The van der Waals surface area contributed by atoms with Crippen LogP contribution in [-0.2, 0) is 6.54 Å². The van der Waals surface area contributed by atoms with Crippen molar-refractivity contribution in [2.45, 2.75) is 6.54 Å². The Hall–Kier alpha value is -3.34. The second-order valence-electron chi connectivity index (χ2n) is 7.86. The average molecular weight is 449 g/mol. The molecule has 3 N–H and O–H groups in total. The zero-order chi connectivity index (χ0) is 21.9. The number of rotatable bonds is 6. The van der Waals surface area contributed by atoms with Gasteiger partial charge in [-0.15, -0.1) is 11.3 Å². The van der Waals surface area contributed by atoms with Gasteiger partial charge >= 0.3 is 0 Å². The van der Waals surface area contributed by atoms with Crippen LogP contribution >= 0.6 is 11.3 Å². The van der Waals surface area contributed by atoms with E-state index in [4.69, 9.17) is 0 Å². The first-order valence-corrected chi connectivity index (χ1v) is 11.3. The van der Waals surface area contributed by atoms with Crippen molar-refractivity contribution < 1.29 is 4.79 Å². The van der Waals surface area contributed by atoms with Crippen LogP contribution in [0.4, 0.5) is 17.2 Å². The van der Waals surface area contributed by atoms with Crippen LogP contribution in [-0.4, -0.2) is 69.1 Å². The summed E-state index contributed by atoms with van der Waals surface area (Å²) in [6, 6.07) is 9.92. The third kappa shape index (κ3) is 4.47. The topological polar surface area (TPSA) is 102 Å². The molecule has 0 bridgehead atoms. The van der Waals surface area contributed by atoms with Crippen molar-refractivity contribution in [1.82, 2.24) is 30.0 Å². The highest BCUT2D eigenvalue weighted by atomic mass is 32.1. The van der Waals surface area contributed by atoms with Gasteiger partial charge in [0.1, 0.15) is 6.33 Å². The molecule has 1 aliphatic heterocycles. The monoisotopic (exact) mass is 448 g/mol. The number of aromatic nitrogens is 4. The molecule has 164 valence electrons. The van der Waals surface area contributed by atoms with E-state index in [0.29, 0.717) is 11.5 Å².